The van der Waals surface area contributed by atoms with Gasteiger partial charge in [-0.05, 0) is 43.2 Å². The number of nitrogens with one attached hydrogen (secondary N) is 1. The van der Waals surface area contributed by atoms with E-state index in [1.165, 1.54) is 0 Å². The van der Waals surface area contributed by atoms with Crippen LogP contribution >= 0.6 is 11.6 Å². The minimum Gasteiger partial charge on any atom is -0.484 e. The first kappa shape index (κ1) is 18.3. The maximum atomic E-state index is 12.1. The Balaban J connectivity index is 1.93. The molecule has 1 amide bonds. The van der Waals surface area contributed by atoms with Gasteiger partial charge in [0, 0.05) is 12.1 Å². The fraction of sp³-hybridized carbons (Fsp3) is 0.316. The first-order chi connectivity index (χ1) is 11.4. The van der Waals surface area contributed by atoms with E-state index >= 15 is 0 Å². The molecular weight excluding hydrogens is 326 g/mol. The lowest BCUT2D eigenvalue weighted by Crippen LogP contribution is -2.41. The van der Waals surface area contributed by atoms with Crippen LogP contribution in [0.15, 0.2) is 48.5 Å². The lowest BCUT2D eigenvalue weighted by atomic mass is 9.95. The molecule has 0 aliphatic heterocycles. The number of amides is 1. The molecule has 0 spiro atoms. The Morgan fingerprint density at radius 3 is 2.62 bits per heavy atom. The molecule has 0 saturated carbocycles. The molecule has 24 heavy (non-hydrogen) atoms. The van der Waals surface area contributed by atoms with Gasteiger partial charge in [0.05, 0.1) is 6.54 Å². The summed E-state index contributed by atoms with van der Waals surface area (Å²) in [5, 5.41) is 3.48. The molecule has 0 radical (unpaired) electrons. The quantitative estimate of drug-likeness (QED) is 0.830. The maximum Gasteiger partial charge on any atom is 0.258 e. The molecule has 1 atom stereocenters. The number of carbonyl (C=O) groups is 1. The minimum absolute atomic E-state index is 0.0415. The zero-order valence-corrected chi connectivity index (χ0v) is 14.9. The number of hydrogen-bond acceptors (Lipinski definition) is 3. The van der Waals surface area contributed by atoms with Gasteiger partial charge < -0.3 is 14.8 Å². The first-order valence-corrected chi connectivity index (χ1v) is 8.09. The molecular formula is C19H22ClNO3. The molecule has 0 bridgehead atoms. The van der Waals surface area contributed by atoms with Gasteiger partial charge in [-0.15, -0.1) is 0 Å². The average molecular weight is 348 g/mol. The molecule has 0 aliphatic carbocycles. The van der Waals surface area contributed by atoms with E-state index in [9.17, 15) is 4.79 Å². The summed E-state index contributed by atoms with van der Waals surface area (Å²) in [5.41, 5.74) is 1.23. The van der Waals surface area contributed by atoms with E-state index in [0.717, 1.165) is 11.1 Å². The van der Waals surface area contributed by atoms with Crippen LogP contribution in [0.4, 0.5) is 0 Å². The van der Waals surface area contributed by atoms with Crippen molar-refractivity contribution < 1.29 is 14.3 Å². The van der Waals surface area contributed by atoms with Crippen LogP contribution < -0.4 is 10.1 Å². The Labute approximate surface area is 147 Å². The molecule has 1 N–H and O–H groups in total. The van der Waals surface area contributed by atoms with Gasteiger partial charge in [0.25, 0.3) is 5.91 Å². The predicted octanol–water partition coefficient (Wildman–Crippen LogP) is 3.71. The SMILES string of the molecule is CO[C@](C)(CNC(=O)COc1ccccc1C)c1cccc(Cl)c1. The highest BCUT2D eigenvalue weighted by Crippen LogP contribution is 2.26. The monoisotopic (exact) mass is 347 g/mol. The molecule has 0 aromatic heterocycles. The smallest absolute Gasteiger partial charge is 0.258 e. The highest BCUT2D eigenvalue weighted by Gasteiger charge is 2.27. The molecule has 2 rings (SSSR count). The number of methoxy groups -OCH3 is 1. The lowest BCUT2D eigenvalue weighted by Gasteiger charge is -2.29. The fourth-order valence-corrected chi connectivity index (χ4v) is 2.48. The van der Waals surface area contributed by atoms with E-state index in [1.807, 2.05) is 56.3 Å². The number of benzene rings is 2. The van der Waals surface area contributed by atoms with Gasteiger partial charge in [-0.2, -0.15) is 0 Å². The Morgan fingerprint density at radius 2 is 1.96 bits per heavy atom. The van der Waals surface area contributed by atoms with Crippen molar-refractivity contribution in [3.05, 3.63) is 64.7 Å². The third-order valence-corrected chi connectivity index (χ3v) is 4.20. The van der Waals surface area contributed by atoms with Crippen molar-refractivity contribution in [3.63, 3.8) is 0 Å². The number of aryl methyl sites for hydroxylation is 1. The number of para-hydroxylation sites is 1. The lowest BCUT2D eigenvalue weighted by molar-refractivity contribution is -0.124. The summed E-state index contributed by atoms with van der Waals surface area (Å²) in [7, 11) is 1.61. The van der Waals surface area contributed by atoms with Gasteiger partial charge in [0.15, 0.2) is 6.61 Å². The second-order valence-electron chi connectivity index (χ2n) is 5.78. The van der Waals surface area contributed by atoms with Crippen molar-refractivity contribution in [2.45, 2.75) is 19.4 Å². The maximum absolute atomic E-state index is 12.1. The van der Waals surface area contributed by atoms with Gasteiger partial charge >= 0.3 is 0 Å². The van der Waals surface area contributed by atoms with Crippen molar-refractivity contribution in [2.75, 3.05) is 20.3 Å². The summed E-state index contributed by atoms with van der Waals surface area (Å²) in [6, 6.07) is 15.0. The van der Waals surface area contributed by atoms with Gasteiger partial charge in [-0.25, -0.2) is 0 Å². The Bertz CT molecular complexity index is 705. The van der Waals surface area contributed by atoms with Crippen LogP contribution in [-0.2, 0) is 15.1 Å². The molecule has 128 valence electrons. The zero-order valence-electron chi connectivity index (χ0n) is 14.1. The normalized spacial score (nSPS) is 13.2. The standard InChI is InChI=1S/C19H22ClNO3/c1-14-7-4-5-10-17(14)24-12-18(22)21-13-19(2,23-3)15-8-6-9-16(20)11-15/h4-11H,12-13H2,1-3H3,(H,21,22)/t19-/m1/s1. The van der Waals surface area contributed by atoms with Crippen LogP contribution in [0.25, 0.3) is 0 Å². The largest absolute Gasteiger partial charge is 0.484 e. The summed E-state index contributed by atoms with van der Waals surface area (Å²) in [6.45, 7) is 4.12. The van der Waals surface area contributed by atoms with Crippen LogP contribution in [0.3, 0.4) is 0 Å². The molecule has 0 heterocycles. The Kier molecular flexibility index (Phi) is 6.23. The summed E-state index contributed by atoms with van der Waals surface area (Å²) in [5.74, 6) is 0.501. The molecule has 0 fully saturated rings. The van der Waals surface area contributed by atoms with E-state index in [0.29, 0.717) is 17.3 Å². The van der Waals surface area contributed by atoms with E-state index < -0.39 is 5.60 Å². The molecule has 0 aliphatic rings. The van der Waals surface area contributed by atoms with Crippen LogP contribution in [0.5, 0.6) is 5.75 Å². The van der Waals surface area contributed by atoms with Gasteiger partial charge in [0.2, 0.25) is 0 Å². The van der Waals surface area contributed by atoms with Gasteiger partial charge in [-0.3, -0.25) is 4.79 Å². The first-order valence-electron chi connectivity index (χ1n) is 7.71. The van der Waals surface area contributed by atoms with Crippen molar-refractivity contribution in [3.8, 4) is 5.75 Å². The molecule has 2 aromatic rings. The van der Waals surface area contributed by atoms with Crippen LogP contribution in [-0.4, -0.2) is 26.2 Å². The average Bonchev–Trinajstić information content (AvgIpc) is 2.59. The van der Waals surface area contributed by atoms with Crippen molar-refractivity contribution in [1.29, 1.82) is 0 Å². The molecule has 4 nitrogen and oxygen atoms in total. The number of rotatable bonds is 7. The van der Waals surface area contributed by atoms with Crippen LogP contribution in [0.2, 0.25) is 5.02 Å². The van der Waals surface area contributed by atoms with Crippen LogP contribution in [0, 0.1) is 6.92 Å². The van der Waals surface area contributed by atoms with Gasteiger partial charge in [0.1, 0.15) is 11.4 Å². The minimum atomic E-state index is -0.663. The van der Waals surface area contributed by atoms with Crippen molar-refractivity contribution in [1.82, 2.24) is 5.32 Å². The summed E-state index contributed by atoms with van der Waals surface area (Å²) >= 11 is 6.04. The Hall–Kier alpha value is -2.04. The molecule has 0 unspecified atom stereocenters. The van der Waals surface area contributed by atoms with Crippen molar-refractivity contribution in [2.24, 2.45) is 0 Å². The number of ether oxygens (including phenoxy) is 2. The predicted molar refractivity (Wildman–Crippen MR) is 95.5 cm³/mol. The third-order valence-electron chi connectivity index (χ3n) is 3.96. The highest BCUT2D eigenvalue weighted by atomic mass is 35.5. The number of carbonyl (C=O) groups excluding carboxylic acids is 1. The highest BCUT2D eigenvalue weighted by molar-refractivity contribution is 6.30. The zero-order chi connectivity index (χ0) is 17.6. The second-order valence-corrected chi connectivity index (χ2v) is 6.21. The fourth-order valence-electron chi connectivity index (χ4n) is 2.29. The van der Waals surface area contributed by atoms with E-state index in [-0.39, 0.29) is 12.5 Å². The van der Waals surface area contributed by atoms with Crippen molar-refractivity contribution >= 4 is 17.5 Å². The number of halogens is 1. The second kappa shape index (κ2) is 8.18. The Morgan fingerprint density at radius 1 is 1.21 bits per heavy atom. The molecule has 2 aromatic carbocycles. The number of hydrogen-bond donors (Lipinski definition) is 1. The van der Waals surface area contributed by atoms with E-state index in [2.05, 4.69) is 5.32 Å². The van der Waals surface area contributed by atoms with E-state index in [1.54, 1.807) is 13.2 Å². The molecule has 5 heteroatoms. The summed E-state index contributed by atoms with van der Waals surface area (Å²) in [4.78, 5) is 12.1. The summed E-state index contributed by atoms with van der Waals surface area (Å²) in [6.07, 6.45) is 0. The van der Waals surface area contributed by atoms with Gasteiger partial charge in [-0.1, -0.05) is 41.9 Å². The van der Waals surface area contributed by atoms with Crippen LogP contribution in [0.1, 0.15) is 18.1 Å². The van der Waals surface area contributed by atoms with E-state index in [4.69, 9.17) is 21.1 Å². The third kappa shape index (κ3) is 4.73. The summed E-state index contributed by atoms with van der Waals surface area (Å²) < 4.78 is 11.1. The topological polar surface area (TPSA) is 47.6 Å². The molecule has 0 saturated heterocycles.